The van der Waals surface area contributed by atoms with Crippen molar-refractivity contribution in [3.63, 3.8) is 0 Å². The molecule has 0 fully saturated rings. The van der Waals surface area contributed by atoms with E-state index < -0.39 is 7.82 Å². The average Bonchev–Trinajstić information content (AvgIpc) is 0.722. The number of rotatable bonds is 0. The van der Waals surface area contributed by atoms with Gasteiger partial charge in [-0.2, -0.15) is 9.90 Å². The van der Waals surface area contributed by atoms with Crippen molar-refractivity contribution < 1.29 is 77.8 Å². The van der Waals surface area contributed by atoms with Gasteiger partial charge in [-0.15, -0.1) is 0 Å². The smallest absolute Gasteiger partial charge is 1.00 e. The Morgan fingerprint density at radius 2 is 1.10 bits per heavy atom. The summed E-state index contributed by atoms with van der Waals surface area (Å²) in [6.07, 6.45) is 0. The van der Waals surface area contributed by atoms with Gasteiger partial charge in [-0.05, 0) is 0 Å². The molecule has 10 heavy (non-hydrogen) atoms. The van der Waals surface area contributed by atoms with Crippen molar-refractivity contribution in [2.24, 2.45) is 0 Å². The van der Waals surface area contributed by atoms with E-state index in [1.54, 1.807) is 0 Å². The number of hydrogen-bond donors (Lipinski definition) is 3. The Balaban J connectivity index is -0.00000000178. The van der Waals surface area contributed by atoms with Crippen LogP contribution in [0.4, 0.5) is 0 Å². The molecule has 3 radical (unpaired) electrons. The average molecular weight is 236 g/mol. The molecule has 1 atom stereocenters. The number of hydrogen-bond acceptors (Lipinski definition) is 1. The van der Waals surface area contributed by atoms with Crippen LogP contribution in [0.15, 0.2) is 0 Å². The molecule has 3 N–H and O–H groups in total. The minimum atomic E-state index is -4.64. The first-order chi connectivity index (χ1) is 2.00. The summed E-state index contributed by atoms with van der Waals surface area (Å²) < 4.78 is 8.88. The van der Waals surface area contributed by atoms with Crippen LogP contribution in [0.3, 0.4) is 0 Å². The van der Waals surface area contributed by atoms with E-state index in [9.17, 15) is 0 Å². The Morgan fingerprint density at radius 3 is 1.10 bits per heavy atom. The summed E-state index contributed by atoms with van der Waals surface area (Å²) in [4.78, 5) is 21.6. The predicted octanol–water partition coefficient (Wildman–Crippen LogP) is -4.45. The van der Waals surface area contributed by atoms with E-state index >= 15 is 0 Å². The molecule has 0 rings (SSSR count). The van der Waals surface area contributed by atoms with E-state index in [4.69, 9.17) is 19.2 Å². The molecule has 0 aliphatic heterocycles. The van der Waals surface area contributed by atoms with Crippen molar-refractivity contribution in [3.8, 4) is 0 Å². The van der Waals surface area contributed by atoms with Crippen molar-refractivity contribution in [1.82, 2.24) is 0 Å². The summed E-state index contributed by atoms with van der Waals surface area (Å²) in [6.45, 7) is 0. The molecule has 0 saturated carbocycles. The van der Waals surface area contributed by atoms with E-state index in [0.717, 1.165) is 0 Å². The molecule has 4 nitrogen and oxygen atoms in total. The zero-order valence-corrected chi connectivity index (χ0v) is 14.2. The molecule has 0 saturated heterocycles. The largest absolute Gasteiger partial charge is 2.00 e. The predicted molar refractivity (Wildman–Crippen MR) is 48.2 cm³/mol. The van der Waals surface area contributed by atoms with Crippen molar-refractivity contribution in [2.75, 3.05) is 0 Å². The van der Waals surface area contributed by atoms with E-state index in [-0.39, 0.29) is 123 Å². The van der Waals surface area contributed by atoms with Crippen LogP contribution in [-0.4, -0.2) is 69.2 Å². The van der Waals surface area contributed by atoms with Crippen molar-refractivity contribution in [3.05, 3.63) is 0 Å². The van der Waals surface area contributed by atoms with Crippen LogP contribution in [0.25, 0.3) is 0 Å². The molecule has 0 aromatic heterocycles. The maximum absolute atomic E-state index is 8.88. The van der Waals surface area contributed by atoms with Crippen molar-refractivity contribution >= 4 is 72.2 Å². The second-order valence-corrected chi connectivity index (χ2v) is 1.54. The first kappa shape index (κ1) is 37.2. The molecule has 0 aromatic carbocycles. The Morgan fingerprint density at radius 1 is 1.10 bits per heavy atom. The second-order valence-electron chi connectivity index (χ2n) is 0.513. The molecular formula is H11BKMg2O4P2. The first-order valence-electron chi connectivity index (χ1n) is 0.783. The molecule has 10 heteroatoms. The third kappa shape index (κ3) is 96.0. The fraction of sp³-hybridized carbons (Fsp3) is 0. The minimum absolute atomic E-state index is 0. The third-order valence-electron chi connectivity index (χ3n) is 0. The molecular weight excluding hydrogens is 224 g/mol. The van der Waals surface area contributed by atoms with Crippen LogP contribution >= 0.6 is 17.7 Å². The Bertz CT molecular complexity index is 81.2. The summed E-state index contributed by atoms with van der Waals surface area (Å²) in [7, 11) is -4.64. The van der Waals surface area contributed by atoms with Gasteiger partial charge in [0.1, 0.15) is 0 Å². The quantitative estimate of drug-likeness (QED) is 0.292. The van der Waals surface area contributed by atoms with Crippen LogP contribution in [0.1, 0.15) is 7.13 Å². The van der Waals surface area contributed by atoms with Gasteiger partial charge in [0.25, 0.3) is 0 Å². The van der Waals surface area contributed by atoms with Gasteiger partial charge < -0.3 is 21.8 Å². The van der Waals surface area contributed by atoms with Crippen LogP contribution in [0.2, 0.25) is 0 Å². The fourth-order valence-corrected chi connectivity index (χ4v) is 0. The van der Waals surface area contributed by atoms with Crippen LogP contribution in [-0.2, 0) is 4.57 Å². The molecule has 0 aliphatic rings. The second kappa shape index (κ2) is 18.5. The molecule has 0 amide bonds. The van der Waals surface area contributed by atoms with Gasteiger partial charge in [-0.25, -0.2) is 4.57 Å². The van der Waals surface area contributed by atoms with Gasteiger partial charge in [0, 0.05) is 8.41 Å². The van der Waals surface area contributed by atoms with Crippen LogP contribution in [0, 0.1) is 0 Å². The van der Waals surface area contributed by atoms with Gasteiger partial charge in [-0.1, -0.05) is 0 Å². The Hall–Kier alpha value is 3.77. The SMILES string of the molecule is O=P(O)(O)O.P.[B].[H-].[H-].[H-].[H-].[H-].[K+].[Mg+2].[Mg+2]. The number of phosphoric acid groups is 1. The van der Waals surface area contributed by atoms with Crippen LogP contribution < -0.4 is 51.4 Å². The van der Waals surface area contributed by atoms with E-state index in [0.29, 0.717) is 0 Å². The van der Waals surface area contributed by atoms with Gasteiger partial charge in [0.2, 0.25) is 0 Å². The summed E-state index contributed by atoms with van der Waals surface area (Å²) in [5.41, 5.74) is 0. The molecule has 53 valence electrons. The molecule has 0 aromatic rings. The Labute approximate surface area is 147 Å². The van der Waals surface area contributed by atoms with E-state index in [1.807, 2.05) is 0 Å². The summed E-state index contributed by atoms with van der Waals surface area (Å²) in [5, 5.41) is 0. The summed E-state index contributed by atoms with van der Waals surface area (Å²) in [5.74, 6) is 0. The summed E-state index contributed by atoms with van der Waals surface area (Å²) >= 11 is 0. The summed E-state index contributed by atoms with van der Waals surface area (Å²) in [6, 6.07) is 0. The van der Waals surface area contributed by atoms with E-state index in [1.165, 1.54) is 0 Å². The molecule has 0 bridgehead atoms. The normalized spacial score (nSPS) is 5.90. The Kier molecular flexibility index (Phi) is 68.9. The van der Waals surface area contributed by atoms with Gasteiger partial charge in [-0.3, -0.25) is 0 Å². The van der Waals surface area contributed by atoms with Crippen molar-refractivity contribution in [1.29, 1.82) is 0 Å². The fourth-order valence-electron chi connectivity index (χ4n) is 0. The molecule has 0 spiro atoms. The zero-order chi connectivity index (χ0) is 4.50. The molecule has 1 unspecified atom stereocenters. The van der Waals surface area contributed by atoms with Crippen LogP contribution in [0.5, 0.6) is 0 Å². The minimum Gasteiger partial charge on any atom is -1.00 e. The van der Waals surface area contributed by atoms with Crippen molar-refractivity contribution in [2.45, 2.75) is 0 Å². The third-order valence-corrected chi connectivity index (χ3v) is 0. The van der Waals surface area contributed by atoms with Gasteiger partial charge in [0.05, 0.1) is 0 Å². The standard InChI is InChI=1S/B.K.2Mg.H3O4P.H3P.5H/c;;;;1-5(2,3)4;;;;;;/h;;;;(H3,1,2,3,4);1H3;;;;;/q;+1;2*+2;;;5*-1. The zero-order valence-electron chi connectivity index (χ0n) is 10.9. The maximum Gasteiger partial charge on any atom is 2.00 e. The molecule has 0 heterocycles. The van der Waals surface area contributed by atoms with E-state index in [2.05, 4.69) is 0 Å². The topological polar surface area (TPSA) is 77.8 Å². The van der Waals surface area contributed by atoms with Gasteiger partial charge in [0.15, 0.2) is 0 Å². The first-order valence-corrected chi connectivity index (χ1v) is 2.35. The monoisotopic (exact) mass is 235 g/mol. The maximum atomic E-state index is 8.88. The molecule has 0 aliphatic carbocycles. The van der Waals surface area contributed by atoms with Gasteiger partial charge >= 0.3 is 105 Å².